The zero-order valence-electron chi connectivity index (χ0n) is 31.8. The number of nitrogens with zero attached hydrogens (tertiary/aromatic N) is 4. The van der Waals surface area contributed by atoms with Crippen molar-refractivity contribution >= 4 is 155 Å². The van der Waals surface area contributed by atoms with E-state index in [0.29, 0.717) is 10.4 Å². The van der Waals surface area contributed by atoms with Gasteiger partial charge in [0.15, 0.2) is 0 Å². The van der Waals surface area contributed by atoms with Crippen molar-refractivity contribution in [1.29, 1.82) is 10.5 Å². The summed E-state index contributed by atoms with van der Waals surface area (Å²) >= 11 is 13.9. The zero-order valence-corrected chi connectivity index (χ0v) is 38.3. The normalized spacial score (nSPS) is 13.2. The maximum atomic E-state index is 9.87. The van der Waals surface area contributed by atoms with Crippen molar-refractivity contribution < 1.29 is 0 Å². The van der Waals surface area contributed by atoms with E-state index in [4.69, 9.17) is 13.1 Å². The van der Waals surface area contributed by atoms with Gasteiger partial charge in [-0.05, 0) is 94.3 Å². The van der Waals surface area contributed by atoms with Gasteiger partial charge in [0, 0.05) is 99.2 Å². The van der Waals surface area contributed by atoms with Crippen LogP contribution in [0.2, 0.25) is 0 Å². The van der Waals surface area contributed by atoms with Gasteiger partial charge in [-0.3, -0.25) is 0 Å². The van der Waals surface area contributed by atoms with Gasteiger partial charge < -0.3 is 0 Å². The summed E-state index contributed by atoms with van der Waals surface area (Å²) in [6, 6.07) is 42.4. The number of thiophene rings is 8. The summed E-state index contributed by atoms with van der Waals surface area (Å²) in [4.78, 5) is 16.6. The first-order valence-corrected chi connectivity index (χ1v) is 25.5. The zero-order chi connectivity index (χ0) is 41.9. The summed E-state index contributed by atoms with van der Waals surface area (Å²) in [5, 5.41) is 29.8. The highest BCUT2D eigenvalue weighted by atomic mass is 32.1. The molecule has 0 radical (unpaired) electrons. The molecule has 0 saturated carbocycles. The smallest absolute Gasteiger partial charge is 0.226 e. The van der Waals surface area contributed by atoms with E-state index in [0.717, 1.165) is 39.0 Å². The molecule has 0 unspecified atom stereocenters. The Hall–Kier alpha value is -6.26. The maximum Gasteiger partial charge on any atom is 0.271 e. The Bertz CT molecular complexity index is 3690. The summed E-state index contributed by atoms with van der Waals surface area (Å²) in [7, 11) is 0. The highest BCUT2D eigenvalue weighted by molar-refractivity contribution is 7.29. The van der Waals surface area contributed by atoms with Crippen molar-refractivity contribution in [2.45, 2.75) is 0 Å². The summed E-state index contributed by atoms with van der Waals surface area (Å²) in [5.41, 5.74) is 2.76. The highest BCUT2D eigenvalue weighted by Gasteiger charge is 2.24. The molecule has 0 aliphatic rings. The van der Waals surface area contributed by atoms with Crippen LogP contribution in [-0.2, 0) is 0 Å². The molecule has 0 aliphatic carbocycles. The van der Waals surface area contributed by atoms with Gasteiger partial charge in [-0.2, -0.15) is 0 Å². The molecule has 0 bridgehead atoms. The number of hydrogen-bond donors (Lipinski definition) is 0. The molecule has 8 aromatic heterocycles. The molecule has 0 atom stereocenters. The molecule has 4 nitrogen and oxygen atoms in total. The summed E-state index contributed by atoms with van der Waals surface area (Å²) < 4.78 is 6.49. The van der Waals surface area contributed by atoms with E-state index in [2.05, 4.69) is 105 Å². The van der Waals surface area contributed by atoms with Gasteiger partial charge in [0.05, 0.1) is 25.3 Å². The molecular formula is C50H22N4S8. The van der Waals surface area contributed by atoms with E-state index >= 15 is 0 Å². The van der Waals surface area contributed by atoms with Crippen LogP contribution < -0.4 is 19.5 Å². The molecule has 3 aromatic carbocycles. The molecule has 0 aliphatic heterocycles. The predicted molar refractivity (Wildman–Crippen MR) is 271 cm³/mol. The van der Waals surface area contributed by atoms with Crippen molar-refractivity contribution in [2.24, 2.45) is 0 Å². The van der Waals surface area contributed by atoms with Crippen molar-refractivity contribution in [1.82, 2.24) is 0 Å². The SMILES string of the molecule is [C-]#[N+]/C(C#N)=c1\c(=C/c2ccc(-c3cc4c(-c5cccs5)c5sc(-c6ccc(/C=c7\sc8ccccc8\c7=C(\C#N)[N+]#[C-])s6)cc5c(-c5cccs5)c4s3)s2)sc2ccccc12. The second-order valence-corrected chi connectivity index (χ2v) is 22.3. The highest BCUT2D eigenvalue weighted by Crippen LogP contribution is 2.54. The quantitative estimate of drug-likeness (QED) is 0.156. The Balaban J connectivity index is 1.07. The minimum Gasteiger partial charge on any atom is -0.226 e. The Morgan fingerprint density at radius 3 is 1.32 bits per heavy atom. The fourth-order valence-corrected chi connectivity index (χ4v) is 16.5. The van der Waals surface area contributed by atoms with E-state index < -0.39 is 0 Å². The molecule has 0 amide bonds. The lowest BCUT2D eigenvalue weighted by molar-refractivity contribution is 1.53. The first-order valence-electron chi connectivity index (χ1n) is 18.9. The number of rotatable bonds is 6. The molecule has 0 N–H and O–H groups in total. The van der Waals surface area contributed by atoms with Gasteiger partial charge >= 0.3 is 0 Å². The van der Waals surface area contributed by atoms with E-state index in [-0.39, 0.29) is 11.4 Å². The predicted octanol–water partition coefficient (Wildman–Crippen LogP) is 14.2. The van der Waals surface area contributed by atoms with Gasteiger partial charge in [0.1, 0.15) is 0 Å². The van der Waals surface area contributed by atoms with Crippen LogP contribution in [0.4, 0.5) is 0 Å². The van der Waals surface area contributed by atoms with Crippen molar-refractivity contribution in [3.63, 3.8) is 0 Å². The Kier molecular flexibility index (Phi) is 9.91. The van der Waals surface area contributed by atoms with Gasteiger partial charge in [0.2, 0.25) is 0 Å². The van der Waals surface area contributed by atoms with Gasteiger partial charge in [-0.1, -0.05) is 48.5 Å². The number of hydrogen-bond acceptors (Lipinski definition) is 10. The third-order valence-electron chi connectivity index (χ3n) is 10.4. The molecule has 0 fully saturated rings. The fraction of sp³-hybridized carbons (Fsp3) is 0. The third-order valence-corrected chi connectivity index (χ3v) is 19.2. The van der Waals surface area contributed by atoms with Crippen LogP contribution in [0.1, 0.15) is 9.75 Å². The van der Waals surface area contributed by atoms with Crippen LogP contribution in [-0.4, -0.2) is 0 Å². The number of nitriles is 2. The van der Waals surface area contributed by atoms with Gasteiger partial charge in [-0.25, -0.2) is 20.2 Å². The Morgan fingerprint density at radius 1 is 0.468 bits per heavy atom. The molecule has 290 valence electrons. The molecule has 0 saturated heterocycles. The Labute approximate surface area is 386 Å². The van der Waals surface area contributed by atoms with Gasteiger partial charge in [0.25, 0.3) is 11.4 Å². The van der Waals surface area contributed by atoms with Crippen LogP contribution >= 0.6 is 90.7 Å². The summed E-state index contributed by atoms with van der Waals surface area (Å²) in [6.45, 7) is 15.4. The minimum atomic E-state index is 0.116. The molecular weight excluding hydrogens is 913 g/mol. The number of fused-ring (bicyclic) bond motifs is 4. The summed E-state index contributed by atoms with van der Waals surface area (Å²) in [5.74, 6) is 0. The largest absolute Gasteiger partial charge is 0.271 e. The first kappa shape index (κ1) is 38.6. The van der Waals surface area contributed by atoms with E-state index in [1.165, 1.54) is 60.6 Å². The second kappa shape index (κ2) is 15.9. The van der Waals surface area contributed by atoms with E-state index in [1.54, 1.807) is 68.0 Å². The van der Waals surface area contributed by atoms with Crippen molar-refractivity contribution in [3.8, 4) is 52.5 Å². The summed E-state index contributed by atoms with van der Waals surface area (Å²) in [6.07, 6.45) is 4.25. The fourth-order valence-electron chi connectivity index (χ4n) is 7.82. The monoisotopic (exact) mass is 934 g/mol. The standard InChI is InChI=1S/C50H22N4S8/c1-53-33(25-51)45-29-9-3-5-11-35(29)59-43(45)21-27-15-17-37(57-27)41-23-31-47(39-13-7-19-55-39)50-32(48(49(31)61-41)40-14-8-20-56-40)24-42(62-50)38-18-16-28(58-38)22-44-46(34(26-52)54-2)30-10-4-6-12-36(30)60-44/h3-24H/b43-21-,44-22+,45-33+,46-34-. The van der Waals surface area contributed by atoms with E-state index in [9.17, 15) is 10.5 Å². The lowest BCUT2D eigenvalue weighted by Gasteiger charge is -2.09. The van der Waals surface area contributed by atoms with Crippen molar-refractivity contribution in [2.75, 3.05) is 0 Å². The van der Waals surface area contributed by atoms with Gasteiger partial charge in [-0.15, -0.1) is 90.7 Å². The lowest BCUT2D eigenvalue weighted by atomic mass is 9.99. The van der Waals surface area contributed by atoms with Crippen LogP contribution in [0.25, 0.3) is 114 Å². The van der Waals surface area contributed by atoms with Crippen LogP contribution in [0.3, 0.4) is 0 Å². The van der Waals surface area contributed by atoms with Crippen LogP contribution in [0.5, 0.6) is 0 Å². The minimum absolute atomic E-state index is 0.116. The lowest BCUT2D eigenvalue weighted by Crippen LogP contribution is -2.20. The maximum absolute atomic E-state index is 9.87. The topological polar surface area (TPSA) is 56.3 Å². The van der Waals surface area contributed by atoms with Crippen LogP contribution in [0.15, 0.2) is 120 Å². The van der Waals surface area contributed by atoms with E-state index in [1.807, 2.05) is 71.2 Å². The molecule has 8 heterocycles. The molecule has 0 spiro atoms. The molecule has 11 aromatic rings. The average molecular weight is 935 g/mol. The molecule has 11 rings (SSSR count). The first-order chi connectivity index (χ1) is 30.5. The van der Waals surface area contributed by atoms with Crippen molar-refractivity contribution in [3.05, 3.63) is 172 Å². The third kappa shape index (κ3) is 6.49. The second-order valence-electron chi connectivity index (χ2n) is 13.9. The average Bonchev–Trinajstić information content (AvgIpc) is 4.15. The Morgan fingerprint density at radius 2 is 0.919 bits per heavy atom. The number of benzene rings is 3. The molecule has 12 heteroatoms. The van der Waals surface area contributed by atoms with Crippen LogP contribution in [0, 0.1) is 35.8 Å². The molecule has 62 heavy (non-hydrogen) atoms.